The third kappa shape index (κ3) is 2.72. The van der Waals surface area contributed by atoms with E-state index in [1.54, 1.807) is 11.0 Å². The molecule has 0 aliphatic rings. The topological polar surface area (TPSA) is 98.1 Å². The fraction of sp³-hybridized carbons (Fsp3) is 0.0769. The molecule has 102 valence electrons. The Labute approximate surface area is 121 Å². The summed E-state index contributed by atoms with van der Waals surface area (Å²) in [6.07, 6.45) is 0. The van der Waals surface area contributed by atoms with Gasteiger partial charge >= 0.3 is 0 Å². The average molecular weight is 287 g/mol. The van der Waals surface area contributed by atoms with Crippen LogP contribution in [0.3, 0.4) is 0 Å². The number of primary amides is 1. The summed E-state index contributed by atoms with van der Waals surface area (Å²) in [5, 5.41) is 7.74. The molecule has 0 aliphatic carbocycles. The molecule has 1 aromatic carbocycles. The zero-order chi connectivity index (χ0) is 14.7. The molecular formula is C13H13N5OS. The molecule has 0 fully saturated rings. The van der Waals surface area contributed by atoms with Crippen LogP contribution in [-0.4, -0.2) is 28.1 Å². The molecule has 0 unspecified atom stereocenters. The molecule has 4 N–H and O–H groups in total. The van der Waals surface area contributed by atoms with Gasteiger partial charge in [0.05, 0.1) is 5.69 Å². The maximum absolute atomic E-state index is 11.0. The Balaban J connectivity index is 2.38. The fourth-order valence-corrected chi connectivity index (χ4v) is 1.91. The third-order valence-corrected chi connectivity index (χ3v) is 3.00. The molecule has 0 radical (unpaired) electrons. The van der Waals surface area contributed by atoms with Crippen molar-refractivity contribution in [2.24, 2.45) is 11.5 Å². The van der Waals surface area contributed by atoms with Crippen LogP contribution < -0.4 is 16.4 Å². The highest BCUT2D eigenvalue weighted by molar-refractivity contribution is 7.80. The highest BCUT2D eigenvalue weighted by atomic mass is 32.1. The van der Waals surface area contributed by atoms with E-state index in [2.05, 4.69) is 10.2 Å². The van der Waals surface area contributed by atoms with Gasteiger partial charge in [-0.1, -0.05) is 24.4 Å². The van der Waals surface area contributed by atoms with E-state index >= 15 is 0 Å². The molecule has 7 heteroatoms. The number of nitrogens with two attached hydrogens (primary N) is 2. The first-order valence-electron chi connectivity index (χ1n) is 5.77. The highest BCUT2D eigenvalue weighted by Crippen LogP contribution is 2.25. The molecule has 6 nitrogen and oxygen atoms in total. The lowest BCUT2D eigenvalue weighted by Gasteiger charge is -2.20. The van der Waals surface area contributed by atoms with Gasteiger partial charge in [0.2, 0.25) is 0 Å². The molecule has 0 spiro atoms. The Hall–Kier alpha value is -2.54. The Bertz CT molecular complexity index is 656. The lowest BCUT2D eigenvalue weighted by Crippen LogP contribution is -2.20. The largest absolute Gasteiger partial charge is 0.389 e. The summed E-state index contributed by atoms with van der Waals surface area (Å²) >= 11 is 5.03. The predicted octanol–water partition coefficient (Wildman–Crippen LogP) is 0.978. The molecule has 0 saturated heterocycles. The SMILES string of the molecule is CN(c1ccc(C(N)=O)nn1)c1ccccc1C(N)=S. The molecule has 1 amide bonds. The summed E-state index contributed by atoms with van der Waals surface area (Å²) in [6, 6.07) is 10.6. The Morgan fingerprint density at radius 2 is 1.85 bits per heavy atom. The number of anilines is 2. The first-order valence-corrected chi connectivity index (χ1v) is 6.17. The molecule has 1 aromatic heterocycles. The van der Waals surface area contributed by atoms with Crippen LogP contribution in [0.2, 0.25) is 0 Å². The molecule has 0 aliphatic heterocycles. The van der Waals surface area contributed by atoms with Crippen LogP contribution in [0.5, 0.6) is 0 Å². The molecular weight excluding hydrogens is 274 g/mol. The Morgan fingerprint density at radius 3 is 2.40 bits per heavy atom. The van der Waals surface area contributed by atoms with Gasteiger partial charge < -0.3 is 16.4 Å². The van der Waals surface area contributed by atoms with Gasteiger partial charge in [0.1, 0.15) is 4.99 Å². The van der Waals surface area contributed by atoms with Crippen molar-refractivity contribution < 1.29 is 4.79 Å². The van der Waals surface area contributed by atoms with Crippen molar-refractivity contribution in [2.75, 3.05) is 11.9 Å². The Kier molecular flexibility index (Phi) is 3.90. The summed E-state index contributed by atoms with van der Waals surface area (Å²) in [6.45, 7) is 0. The number of thiocarbonyl (C=S) groups is 1. The number of aromatic nitrogens is 2. The van der Waals surface area contributed by atoms with Crippen LogP contribution in [0.15, 0.2) is 36.4 Å². The van der Waals surface area contributed by atoms with E-state index in [4.69, 9.17) is 23.7 Å². The van der Waals surface area contributed by atoms with Gasteiger partial charge in [-0.2, -0.15) is 0 Å². The quantitative estimate of drug-likeness (QED) is 0.813. The van der Waals surface area contributed by atoms with Crippen molar-refractivity contribution in [3.8, 4) is 0 Å². The summed E-state index contributed by atoms with van der Waals surface area (Å²) in [5.74, 6) is -0.0612. The second-order valence-corrected chi connectivity index (χ2v) is 4.52. The van der Waals surface area contributed by atoms with Gasteiger partial charge in [0, 0.05) is 12.6 Å². The summed E-state index contributed by atoms with van der Waals surface area (Å²) in [7, 11) is 1.81. The van der Waals surface area contributed by atoms with Gasteiger partial charge in [-0.25, -0.2) is 0 Å². The first-order chi connectivity index (χ1) is 9.50. The number of hydrogen-bond donors (Lipinski definition) is 2. The lowest BCUT2D eigenvalue weighted by molar-refractivity contribution is 0.0994. The minimum Gasteiger partial charge on any atom is -0.389 e. The molecule has 1 heterocycles. The van der Waals surface area contributed by atoms with E-state index in [1.807, 2.05) is 31.3 Å². The fourth-order valence-electron chi connectivity index (χ4n) is 1.73. The molecule has 2 aromatic rings. The normalized spacial score (nSPS) is 10.1. The zero-order valence-electron chi connectivity index (χ0n) is 10.8. The number of para-hydroxylation sites is 1. The second-order valence-electron chi connectivity index (χ2n) is 4.08. The number of carbonyl (C=O) groups is 1. The minimum atomic E-state index is -0.616. The van der Waals surface area contributed by atoms with Crippen LogP contribution in [0.4, 0.5) is 11.5 Å². The van der Waals surface area contributed by atoms with Crippen LogP contribution in [0.25, 0.3) is 0 Å². The van der Waals surface area contributed by atoms with E-state index in [1.165, 1.54) is 6.07 Å². The molecule has 0 saturated carbocycles. The number of carbonyl (C=O) groups excluding carboxylic acids is 1. The lowest BCUT2D eigenvalue weighted by atomic mass is 10.1. The summed E-state index contributed by atoms with van der Waals surface area (Å²) in [5.41, 5.74) is 12.5. The van der Waals surface area contributed by atoms with Crippen LogP contribution in [0, 0.1) is 0 Å². The number of benzene rings is 1. The van der Waals surface area contributed by atoms with E-state index < -0.39 is 5.91 Å². The number of nitrogens with zero attached hydrogens (tertiary/aromatic N) is 3. The van der Waals surface area contributed by atoms with Gasteiger partial charge in [-0.3, -0.25) is 4.79 Å². The van der Waals surface area contributed by atoms with Crippen molar-refractivity contribution in [1.29, 1.82) is 0 Å². The highest BCUT2D eigenvalue weighted by Gasteiger charge is 2.12. The first kappa shape index (κ1) is 13.9. The predicted molar refractivity (Wildman–Crippen MR) is 80.9 cm³/mol. The van der Waals surface area contributed by atoms with E-state index in [0.717, 1.165) is 11.3 Å². The average Bonchev–Trinajstić information content (AvgIpc) is 2.46. The maximum Gasteiger partial charge on any atom is 0.269 e. The van der Waals surface area contributed by atoms with Crippen molar-refractivity contribution >= 4 is 34.6 Å². The van der Waals surface area contributed by atoms with Crippen molar-refractivity contribution in [3.63, 3.8) is 0 Å². The van der Waals surface area contributed by atoms with Gasteiger partial charge in [0.25, 0.3) is 5.91 Å². The molecule has 20 heavy (non-hydrogen) atoms. The molecule has 0 bridgehead atoms. The monoisotopic (exact) mass is 287 g/mol. The number of amides is 1. The second kappa shape index (κ2) is 5.62. The van der Waals surface area contributed by atoms with Gasteiger partial charge in [-0.05, 0) is 24.3 Å². The summed E-state index contributed by atoms with van der Waals surface area (Å²) < 4.78 is 0. The maximum atomic E-state index is 11.0. The van der Waals surface area contributed by atoms with Crippen molar-refractivity contribution in [2.45, 2.75) is 0 Å². The van der Waals surface area contributed by atoms with E-state index in [0.29, 0.717) is 10.8 Å². The van der Waals surface area contributed by atoms with Gasteiger partial charge in [0.15, 0.2) is 11.5 Å². The van der Waals surface area contributed by atoms with Crippen LogP contribution in [-0.2, 0) is 0 Å². The van der Waals surface area contributed by atoms with Crippen LogP contribution in [0.1, 0.15) is 16.1 Å². The third-order valence-electron chi connectivity index (χ3n) is 2.78. The van der Waals surface area contributed by atoms with Crippen molar-refractivity contribution in [3.05, 3.63) is 47.7 Å². The summed E-state index contributed by atoms with van der Waals surface area (Å²) in [4.78, 5) is 13.1. The number of rotatable bonds is 4. The van der Waals surface area contributed by atoms with E-state index in [9.17, 15) is 4.79 Å². The van der Waals surface area contributed by atoms with Gasteiger partial charge in [-0.15, -0.1) is 10.2 Å². The number of hydrogen-bond acceptors (Lipinski definition) is 5. The molecule has 0 atom stereocenters. The van der Waals surface area contributed by atoms with Crippen LogP contribution >= 0.6 is 12.2 Å². The Morgan fingerprint density at radius 1 is 1.15 bits per heavy atom. The van der Waals surface area contributed by atoms with Crippen molar-refractivity contribution in [1.82, 2.24) is 10.2 Å². The molecule has 2 rings (SSSR count). The minimum absolute atomic E-state index is 0.116. The standard InChI is InChI=1S/C13H13N5OS/c1-18(10-5-3-2-4-8(10)13(15)20)11-7-6-9(12(14)19)16-17-11/h2-7H,1H3,(H2,14,19)(H2,15,20). The zero-order valence-corrected chi connectivity index (χ0v) is 11.6. The van der Waals surface area contributed by atoms with E-state index in [-0.39, 0.29) is 5.69 Å². The smallest absolute Gasteiger partial charge is 0.269 e.